The molecule has 2 nitrogen and oxygen atoms in total. The van der Waals surface area contributed by atoms with Crippen LogP contribution in [0.25, 0.3) is 0 Å². The number of aryl methyl sites for hydroxylation is 1. The molecule has 1 aromatic carbocycles. The number of aromatic nitrogens is 1. The first-order valence-corrected chi connectivity index (χ1v) is 8.47. The van der Waals surface area contributed by atoms with Gasteiger partial charge < -0.3 is 0 Å². The number of nitrogens with zero attached hydrogens (tertiary/aromatic N) is 2. The van der Waals surface area contributed by atoms with Gasteiger partial charge in [0.15, 0.2) is 0 Å². The normalized spacial score (nSPS) is 12.8. The van der Waals surface area contributed by atoms with E-state index in [4.69, 9.17) is 0 Å². The zero-order valence-corrected chi connectivity index (χ0v) is 14.1. The predicted molar refractivity (Wildman–Crippen MR) is 87.0 cm³/mol. The Morgan fingerprint density at radius 1 is 1.32 bits per heavy atom. The lowest BCUT2D eigenvalue weighted by Crippen LogP contribution is -2.23. The predicted octanol–water partition coefficient (Wildman–Crippen LogP) is 4.96. The van der Waals surface area contributed by atoms with Gasteiger partial charge in [-0.1, -0.05) is 13.3 Å². The summed E-state index contributed by atoms with van der Waals surface area (Å²) in [6.45, 7) is 4.67. The van der Waals surface area contributed by atoms with E-state index in [1.54, 1.807) is 11.3 Å². The number of halogens is 2. The van der Waals surface area contributed by atoms with Crippen molar-refractivity contribution in [2.75, 3.05) is 7.05 Å². The third kappa shape index (κ3) is 4.34. The van der Waals surface area contributed by atoms with Crippen LogP contribution in [0, 0.1) is 11.6 Å². The second-order valence-electron chi connectivity index (χ2n) is 5.59. The molecule has 0 aliphatic heterocycles. The maximum absolute atomic E-state index is 13.9. The summed E-state index contributed by atoms with van der Waals surface area (Å²) in [7, 11) is 1.90. The highest BCUT2D eigenvalue weighted by molar-refractivity contribution is 7.09. The first kappa shape index (κ1) is 17.0. The molecule has 1 unspecified atom stereocenters. The van der Waals surface area contributed by atoms with Gasteiger partial charge in [-0.3, -0.25) is 4.90 Å². The van der Waals surface area contributed by atoms with E-state index >= 15 is 0 Å². The van der Waals surface area contributed by atoms with E-state index in [2.05, 4.69) is 17.3 Å². The van der Waals surface area contributed by atoms with Gasteiger partial charge in [0, 0.05) is 23.5 Å². The zero-order chi connectivity index (χ0) is 16.1. The number of rotatable bonds is 7. The highest BCUT2D eigenvalue weighted by Crippen LogP contribution is 2.24. The van der Waals surface area contributed by atoms with Gasteiger partial charge in [0.1, 0.15) is 11.6 Å². The zero-order valence-electron chi connectivity index (χ0n) is 13.3. The van der Waals surface area contributed by atoms with Crippen molar-refractivity contribution >= 4 is 11.3 Å². The Labute approximate surface area is 134 Å². The third-order valence-corrected chi connectivity index (χ3v) is 4.78. The SMILES string of the molecule is CCCCc1nc(CN(C)C(C)c2cc(F)ccc2F)cs1. The first-order valence-electron chi connectivity index (χ1n) is 7.59. The molecule has 0 aliphatic carbocycles. The van der Waals surface area contributed by atoms with Crippen molar-refractivity contribution < 1.29 is 8.78 Å². The second kappa shape index (κ2) is 7.79. The van der Waals surface area contributed by atoms with Crippen molar-refractivity contribution in [2.45, 2.75) is 45.7 Å². The molecule has 2 aromatic rings. The maximum Gasteiger partial charge on any atom is 0.128 e. The van der Waals surface area contributed by atoms with Crippen LogP contribution in [0.3, 0.4) is 0 Å². The fraction of sp³-hybridized carbons (Fsp3) is 0.471. The summed E-state index contributed by atoms with van der Waals surface area (Å²) >= 11 is 1.67. The summed E-state index contributed by atoms with van der Waals surface area (Å²) in [5.41, 5.74) is 1.37. The van der Waals surface area contributed by atoms with Gasteiger partial charge >= 0.3 is 0 Å². The van der Waals surface area contributed by atoms with Crippen LogP contribution in [0.5, 0.6) is 0 Å². The number of hydrogen-bond acceptors (Lipinski definition) is 3. The summed E-state index contributed by atoms with van der Waals surface area (Å²) in [5, 5.41) is 3.20. The van der Waals surface area contributed by atoms with Crippen LogP contribution >= 0.6 is 11.3 Å². The summed E-state index contributed by atoms with van der Waals surface area (Å²) in [5.74, 6) is -0.783. The molecule has 1 aromatic heterocycles. The van der Waals surface area contributed by atoms with Crippen LogP contribution in [0.2, 0.25) is 0 Å². The van der Waals surface area contributed by atoms with Crippen LogP contribution in [0.15, 0.2) is 23.6 Å². The standard InChI is InChI=1S/C17H22F2N2S/c1-4-5-6-17-20-14(11-22-17)10-21(3)12(2)15-9-13(18)7-8-16(15)19/h7-9,11-12H,4-6,10H2,1-3H3. The van der Waals surface area contributed by atoms with E-state index in [1.807, 2.05) is 18.9 Å². The number of unbranched alkanes of at least 4 members (excludes halogenated alkanes) is 1. The average Bonchev–Trinajstić information content (AvgIpc) is 2.94. The van der Waals surface area contributed by atoms with Crippen LogP contribution in [0.1, 0.15) is 49.0 Å². The molecule has 0 amide bonds. The van der Waals surface area contributed by atoms with Crippen molar-refractivity contribution in [1.82, 2.24) is 9.88 Å². The summed E-state index contributed by atoms with van der Waals surface area (Å²) in [6.07, 6.45) is 3.32. The molecule has 1 heterocycles. The van der Waals surface area contributed by atoms with Crippen molar-refractivity contribution in [1.29, 1.82) is 0 Å². The topological polar surface area (TPSA) is 16.1 Å². The van der Waals surface area contributed by atoms with Crippen LogP contribution in [0.4, 0.5) is 8.78 Å². The largest absolute Gasteiger partial charge is 0.294 e. The Hall–Kier alpha value is -1.33. The number of benzene rings is 1. The van der Waals surface area contributed by atoms with Crippen molar-refractivity contribution in [2.24, 2.45) is 0 Å². The fourth-order valence-electron chi connectivity index (χ4n) is 2.33. The summed E-state index contributed by atoms with van der Waals surface area (Å²) in [6, 6.07) is 3.38. The minimum atomic E-state index is -0.410. The molecule has 0 N–H and O–H groups in total. The molecular weight excluding hydrogens is 302 g/mol. The molecule has 2 rings (SSSR count). The third-order valence-electron chi connectivity index (χ3n) is 3.82. The molecule has 0 saturated carbocycles. The first-order chi connectivity index (χ1) is 10.5. The highest BCUT2D eigenvalue weighted by Gasteiger charge is 2.17. The summed E-state index contributed by atoms with van der Waals surface area (Å²) in [4.78, 5) is 6.60. The molecular formula is C17H22F2N2S. The van der Waals surface area contributed by atoms with E-state index in [-0.39, 0.29) is 11.9 Å². The Morgan fingerprint density at radius 2 is 2.09 bits per heavy atom. The van der Waals surface area contributed by atoms with Gasteiger partial charge in [-0.2, -0.15) is 0 Å². The molecule has 22 heavy (non-hydrogen) atoms. The van der Waals surface area contributed by atoms with E-state index in [0.717, 1.165) is 36.0 Å². The van der Waals surface area contributed by atoms with Gasteiger partial charge in [-0.25, -0.2) is 13.8 Å². The summed E-state index contributed by atoms with van der Waals surface area (Å²) < 4.78 is 27.2. The van der Waals surface area contributed by atoms with Crippen molar-refractivity contribution in [3.05, 3.63) is 51.5 Å². The Morgan fingerprint density at radius 3 is 2.82 bits per heavy atom. The van der Waals surface area contributed by atoms with E-state index < -0.39 is 5.82 Å². The van der Waals surface area contributed by atoms with Gasteiger partial charge in [-0.15, -0.1) is 11.3 Å². The van der Waals surface area contributed by atoms with E-state index in [1.165, 1.54) is 12.1 Å². The number of hydrogen-bond donors (Lipinski definition) is 0. The van der Waals surface area contributed by atoms with E-state index in [0.29, 0.717) is 12.1 Å². The van der Waals surface area contributed by atoms with Crippen LogP contribution in [-0.2, 0) is 13.0 Å². The smallest absolute Gasteiger partial charge is 0.128 e. The van der Waals surface area contributed by atoms with Crippen LogP contribution in [-0.4, -0.2) is 16.9 Å². The molecule has 0 spiro atoms. The lowest BCUT2D eigenvalue weighted by Gasteiger charge is -2.24. The maximum atomic E-state index is 13.9. The second-order valence-corrected chi connectivity index (χ2v) is 6.54. The highest BCUT2D eigenvalue weighted by atomic mass is 32.1. The Kier molecular flexibility index (Phi) is 6.03. The molecule has 0 fully saturated rings. The minimum Gasteiger partial charge on any atom is -0.294 e. The fourth-order valence-corrected chi connectivity index (χ4v) is 3.16. The molecule has 0 aliphatic rings. The lowest BCUT2D eigenvalue weighted by molar-refractivity contribution is 0.245. The molecule has 5 heteroatoms. The van der Waals surface area contributed by atoms with E-state index in [9.17, 15) is 8.78 Å². The van der Waals surface area contributed by atoms with Gasteiger partial charge in [0.25, 0.3) is 0 Å². The Bertz CT molecular complexity index is 612. The number of thiazole rings is 1. The molecule has 0 radical (unpaired) electrons. The van der Waals surface area contributed by atoms with Crippen molar-refractivity contribution in [3.8, 4) is 0 Å². The van der Waals surface area contributed by atoms with Gasteiger partial charge in [0.2, 0.25) is 0 Å². The van der Waals surface area contributed by atoms with Gasteiger partial charge in [0.05, 0.1) is 10.7 Å². The lowest BCUT2D eigenvalue weighted by atomic mass is 10.1. The molecule has 120 valence electrons. The van der Waals surface area contributed by atoms with Crippen molar-refractivity contribution in [3.63, 3.8) is 0 Å². The molecule has 0 bridgehead atoms. The average molecular weight is 324 g/mol. The Balaban J connectivity index is 2.03. The monoisotopic (exact) mass is 324 g/mol. The minimum absolute atomic E-state index is 0.212. The van der Waals surface area contributed by atoms with Crippen LogP contribution < -0.4 is 0 Å². The molecule has 0 saturated heterocycles. The van der Waals surface area contributed by atoms with Gasteiger partial charge in [-0.05, 0) is 45.0 Å². The quantitative estimate of drug-likeness (QED) is 0.716. The molecule has 1 atom stereocenters.